The van der Waals surface area contributed by atoms with Crippen molar-refractivity contribution in [2.24, 2.45) is 5.92 Å². The predicted octanol–water partition coefficient (Wildman–Crippen LogP) is -0.448. The largest absolute Gasteiger partial charge is 0.478 e. The van der Waals surface area contributed by atoms with Crippen LogP contribution in [-0.2, 0) is 9.59 Å². The zero-order valence-electron chi connectivity index (χ0n) is 7.07. The van der Waals surface area contributed by atoms with Crippen molar-refractivity contribution in [2.45, 2.75) is 26.5 Å². The SMILES string of the molecule is CCC(C)C(=O)NC(O)C(=O)O. The lowest BCUT2D eigenvalue weighted by Gasteiger charge is -2.11. The number of aliphatic carboxylic acids is 1. The highest BCUT2D eigenvalue weighted by molar-refractivity contribution is 5.83. The van der Waals surface area contributed by atoms with E-state index in [1.165, 1.54) is 0 Å². The van der Waals surface area contributed by atoms with Crippen molar-refractivity contribution in [3.05, 3.63) is 0 Å². The van der Waals surface area contributed by atoms with Crippen molar-refractivity contribution in [3.63, 3.8) is 0 Å². The first-order valence-electron chi connectivity index (χ1n) is 3.70. The summed E-state index contributed by atoms with van der Waals surface area (Å²) in [4.78, 5) is 21.0. The van der Waals surface area contributed by atoms with Gasteiger partial charge in [0.2, 0.25) is 12.1 Å². The third kappa shape index (κ3) is 3.34. The average molecular weight is 175 g/mol. The van der Waals surface area contributed by atoms with Gasteiger partial charge in [0.1, 0.15) is 0 Å². The number of aliphatic hydroxyl groups is 1. The van der Waals surface area contributed by atoms with Gasteiger partial charge in [-0.15, -0.1) is 0 Å². The molecule has 0 aromatic heterocycles. The summed E-state index contributed by atoms with van der Waals surface area (Å²) in [6.07, 6.45) is -1.19. The molecule has 0 aromatic carbocycles. The summed E-state index contributed by atoms with van der Waals surface area (Å²) in [5, 5.41) is 18.9. The van der Waals surface area contributed by atoms with Crippen molar-refractivity contribution in [3.8, 4) is 0 Å². The highest BCUT2D eigenvalue weighted by Gasteiger charge is 2.18. The summed E-state index contributed by atoms with van der Waals surface area (Å²) in [7, 11) is 0. The minimum atomic E-state index is -1.80. The van der Waals surface area contributed by atoms with E-state index in [9.17, 15) is 9.59 Å². The summed E-state index contributed by atoms with van der Waals surface area (Å²) < 4.78 is 0. The van der Waals surface area contributed by atoms with Crippen molar-refractivity contribution in [1.82, 2.24) is 5.32 Å². The first-order chi connectivity index (χ1) is 5.49. The molecule has 0 bridgehead atoms. The number of nitrogens with one attached hydrogen (secondary N) is 1. The number of carboxylic acids is 1. The molecule has 0 radical (unpaired) electrons. The molecule has 0 saturated carbocycles. The Hall–Kier alpha value is -1.10. The normalized spacial score (nSPS) is 14.9. The lowest BCUT2D eigenvalue weighted by atomic mass is 10.1. The summed E-state index contributed by atoms with van der Waals surface area (Å²) in [5.41, 5.74) is 0. The van der Waals surface area contributed by atoms with Gasteiger partial charge < -0.3 is 15.5 Å². The molecular weight excluding hydrogens is 162 g/mol. The average Bonchev–Trinajstić information content (AvgIpc) is 2.02. The number of hydrogen-bond donors (Lipinski definition) is 3. The Labute approximate surface area is 70.4 Å². The molecule has 70 valence electrons. The highest BCUT2D eigenvalue weighted by atomic mass is 16.4. The van der Waals surface area contributed by atoms with Crippen LogP contribution in [0.1, 0.15) is 20.3 Å². The second kappa shape index (κ2) is 4.71. The number of amides is 1. The topological polar surface area (TPSA) is 86.6 Å². The number of carbonyl (C=O) groups is 2. The quantitative estimate of drug-likeness (QED) is 0.505. The number of carbonyl (C=O) groups excluding carboxylic acids is 1. The third-order valence-electron chi connectivity index (χ3n) is 1.57. The molecule has 0 spiro atoms. The van der Waals surface area contributed by atoms with Crippen LogP contribution in [0.5, 0.6) is 0 Å². The van der Waals surface area contributed by atoms with Crippen LogP contribution in [0.4, 0.5) is 0 Å². The molecule has 3 N–H and O–H groups in total. The maximum atomic E-state index is 11.0. The molecule has 5 nitrogen and oxygen atoms in total. The van der Waals surface area contributed by atoms with E-state index in [1.807, 2.05) is 5.32 Å². The van der Waals surface area contributed by atoms with E-state index in [0.717, 1.165) is 0 Å². The molecule has 0 fully saturated rings. The van der Waals surface area contributed by atoms with Gasteiger partial charge in [-0.05, 0) is 6.42 Å². The Balaban J connectivity index is 3.92. The molecule has 0 aromatic rings. The smallest absolute Gasteiger partial charge is 0.353 e. The molecular formula is C7H13NO4. The first kappa shape index (κ1) is 10.9. The van der Waals surface area contributed by atoms with Crippen molar-refractivity contribution < 1.29 is 19.8 Å². The van der Waals surface area contributed by atoms with Gasteiger partial charge in [0, 0.05) is 5.92 Å². The van der Waals surface area contributed by atoms with Crippen molar-refractivity contribution >= 4 is 11.9 Å². The maximum absolute atomic E-state index is 11.0. The molecule has 2 unspecified atom stereocenters. The van der Waals surface area contributed by atoms with Gasteiger partial charge in [-0.3, -0.25) is 4.79 Å². The second-order valence-corrected chi connectivity index (χ2v) is 2.56. The minimum Gasteiger partial charge on any atom is -0.478 e. The van der Waals surface area contributed by atoms with Crippen LogP contribution in [0.2, 0.25) is 0 Å². The van der Waals surface area contributed by atoms with E-state index in [2.05, 4.69) is 0 Å². The fraction of sp³-hybridized carbons (Fsp3) is 0.714. The molecule has 0 aliphatic carbocycles. The van der Waals surface area contributed by atoms with E-state index >= 15 is 0 Å². The van der Waals surface area contributed by atoms with Crippen LogP contribution in [-0.4, -0.2) is 28.3 Å². The van der Waals surface area contributed by atoms with E-state index in [0.29, 0.717) is 6.42 Å². The number of aliphatic hydroxyl groups excluding tert-OH is 1. The van der Waals surface area contributed by atoms with Crippen LogP contribution in [0.15, 0.2) is 0 Å². The Bertz CT molecular complexity index is 180. The lowest BCUT2D eigenvalue weighted by Crippen LogP contribution is -2.42. The molecule has 0 aliphatic rings. The number of hydrogen-bond acceptors (Lipinski definition) is 3. The summed E-state index contributed by atoms with van der Waals surface area (Å²) in [6.45, 7) is 3.46. The Morgan fingerprint density at radius 2 is 2.00 bits per heavy atom. The summed E-state index contributed by atoms with van der Waals surface area (Å²) in [5.74, 6) is -2.18. The highest BCUT2D eigenvalue weighted by Crippen LogP contribution is 1.99. The number of carboxylic acid groups (broad SMARTS) is 1. The van der Waals surface area contributed by atoms with Gasteiger partial charge in [-0.2, -0.15) is 0 Å². The van der Waals surface area contributed by atoms with Gasteiger partial charge >= 0.3 is 5.97 Å². The fourth-order valence-corrected chi connectivity index (χ4v) is 0.524. The van der Waals surface area contributed by atoms with Gasteiger partial charge in [0.25, 0.3) is 0 Å². The second-order valence-electron chi connectivity index (χ2n) is 2.56. The van der Waals surface area contributed by atoms with Crippen molar-refractivity contribution in [1.29, 1.82) is 0 Å². The van der Waals surface area contributed by atoms with Gasteiger partial charge in [-0.1, -0.05) is 13.8 Å². The van der Waals surface area contributed by atoms with Gasteiger partial charge in [0.15, 0.2) is 0 Å². The Morgan fingerprint density at radius 1 is 1.50 bits per heavy atom. The monoisotopic (exact) mass is 175 g/mol. The van der Waals surface area contributed by atoms with E-state index in [-0.39, 0.29) is 5.92 Å². The van der Waals surface area contributed by atoms with Gasteiger partial charge in [0.05, 0.1) is 0 Å². The zero-order chi connectivity index (χ0) is 9.72. The fourth-order valence-electron chi connectivity index (χ4n) is 0.524. The third-order valence-corrected chi connectivity index (χ3v) is 1.57. The van der Waals surface area contributed by atoms with Crippen LogP contribution in [0, 0.1) is 5.92 Å². The van der Waals surface area contributed by atoms with E-state index in [4.69, 9.17) is 10.2 Å². The Kier molecular flexibility index (Phi) is 4.28. The molecule has 0 rings (SSSR count). The summed E-state index contributed by atoms with van der Waals surface area (Å²) >= 11 is 0. The van der Waals surface area contributed by atoms with Gasteiger partial charge in [-0.25, -0.2) is 4.79 Å². The molecule has 0 aliphatic heterocycles. The van der Waals surface area contributed by atoms with E-state index in [1.54, 1.807) is 13.8 Å². The summed E-state index contributed by atoms with van der Waals surface area (Å²) in [6, 6.07) is 0. The maximum Gasteiger partial charge on any atom is 0.353 e. The van der Waals surface area contributed by atoms with Crippen LogP contribution < -0.4 is 5.32 Å². The molecule has 0 saturated heterocycles. The molecule has 5 heteroatoms. The van der Waals surface area contributed by atoms with Crippen LogP contribution in [0.25, 0.3) is 0 Å². The molecule has 1 amide bonds. The first-order valence-corrected chi connectivity index (χ1v) is 3.70. The standard InChI is InChI=1S/C7H13NO4/c1-3-4(2)5(9)8-6(10)7(11)12/h4,6,10H,3H2,1-2H3,(H,8,9)(H,11,12). The zero-order valence-corrected chi connectivity index (χ0v) is 7.07. The molecule has 0 heterocycles. The predicted molar refractivity (Wildman–Crippen MR) is 41.2 cm³/mol. The number of rotatable bonds is 4. The lowest BCUT2D eigenvalue weighted by molar-refractivity contribution is -0.151. The molecule has 2 atom stereocenters. The molecule has 12 heavy (non-hydrogen) atoms. The minimum absolute atomic E-state index is 0.279. The van der Waals surface area contributed by atoms with Crippen LogP contribution in [0.3, 0.4) is 0 Å². The van der Waals surface area contributed by atoms with E-state index < -0.39 is 18.1 Å². The van der Waals surface area contributed by atoms with Crippen molar-refractivity contribution in [2.75, 3.05) is 0 Å². The Morgan fingerprint density at radius 3 is 2.33 bits per heavy atom. The van der Waals surface area contributed by atoms with Crippen LogP contribution >= 0.6 is 0 Å².